The molecule has 0 aliphatic carbocycles. The molecule has 3 aromatic rings. The van der Waals surface area contributed by atoms with Gasteiger partial charge in [-0.3, -0.25) is 0 Å². The molecule has 2 heterocycles. The Labute approximate surface area is 158 Å². The minimum Gasteiger partial charge on any atom is -0.382 e. The maximum atomic E-state index is 6.18. The van der Waals surface area contributed by atoms with Gasteiger partial charge in [-0.15, -0.1) is 15.3 Å². The summed E-state index contributed by atoms with van der Waals surface area (Å²) in [6, 6.07) is 5.19. The minimum atomic E-state index is 0.200. The van der Waals surface area contributed by atoms with Crippen LogP contribution in [-0.2, 0) is 11.3 Å². The molecule has 0 aliphatic rings. The third-order valence-electron chi connectivity index (χ3n) is 3.31. The highest BCUT2D eigenvalue weighted by Crippen LogP contribution is 2.34. The molecule has 0 radical (unpaired) electrons. The minimum absolute atomic E-state index is 0.200. The molecule has 0 bridgehead atoms. The van der Waals surface area contributed by atoms with Crippen LogP contribution in [0.5, 0.6) is 0 Å². The van der Waals surface area contributed by atoms with E-state index in [2.05, 4.69) is 36.0 Å². The Hall–Kier alpha value is -2.56. The molecule has 0 saturated carbocycles. The second kappa shape index (κ2) is 8.70. The van der Waals surface area contributed by atoms with Crippen molar-refractivity contribution in [2.75, 3.05) is 30.8 Å². The van der Waals surface area contributed by atoms with Gasteiger partial charge in [0.25, 0.3) is 0 Å². The Morgan fingerprint density at radius 2 is 2.08 bits per heavy atom. The number of hydrogen-bond donors (Lipinski definition) is 2. The van der Waals surface area contributed by atoms with Crippen molar-refractivity contribution in [1.82, 2.24) is 35.4 Å². The van der Waals surface area contributed by atoms with Crippen molar-refractivity contribution < 1.29 is 4.74 Å². The smallest absolute Gasteiger partial charge is 0.244 e. The lowest BCUT2D eigenvalue weighted by Gasteiger charge is -2.09. The number of ether oxygens (including phenoxy) is 1. The zero-order chi connectivity index (χ0) is 18.4. The maximum Gasteiger partial charge on any atom is 0.244 e. The highest BCUT2D eigenvalue weighted by molar-refractivity contribution is 6.43. The molecule has 0 spiro atoms. The van der Waals surface area contributed by atoms with Crippen LogP contribution < -0.4 is 11.1 Å². The average Bonchev–Trinajstić information content (AvgIpc) is 3.14. The fourth-order valence-electron chi connectivity index (χ4n) is 2.07. The number of halogens is 2. The van der Waals surface area contributed by atoms with Crippen molar-refractivity contribution in [2.45, 2.75) is 6.54 Å². The summed E-state index contributed by atoms with van der Waals surface area (Å²) < 4.78 is 7.05. The zero-order valence-electron chi connectivity index (χ0n) is 13.5. The van der Waals surface area contributed by atoms with Crippen LogP contribution in [0.3, 0.4) is 0 Å². The van der Waals surface area contributed by atoms with Crippen LogP contribution in [0.15, 0.2) is 24.5 Å². The second-order valence-corrected chi connectivity index (χ2v) is 5.87. The molecule has 3 N–H and O–H groups in total. The lowest BCUT2D eigenvalue weighted by atomic mass is 10.1. The van der Waals surface area contributed by atoms with Gasteiger partial charge in [-0.05, 0) is 16.5 Å². The highest BCUT2D eigenvalue weighted by atomic mass is 35.5. The van der Waals surface area contributed by atoms with Crippen molar-refractivity contribution in [3.8, 4) is 11.3 Å². The summed E-state index contributed by atoms with van der Waals surface area (Å²) in [7, 11) is 0. The molecule has 0 amide bonds. The number of anilines is 2. The number of aromatic nitrogens is 7. The molecule has 0 aliphatic heterocycles. The van der Waals surface area contributed by atoms with Gasteiger partial charge in [0.1, 0.15) is 12.0 Å². The molecule has 0 fully saturated rings. The fraction of sp³-hybridized carbons (Fsp3) is 0.286. The zero-order valence-corrected chi connectivity index (χ0v) is 15.0. The van der Waals surface area contributed by atoms with E-state index >= 15 is 0 Å². The molecule has 0 saturated heterocycles. The van der Waals surface area contributed by atoms with Crippen LogP contribution in [0, 0.1) is 0 Å². The summed E-state index contributed by atoms with van der Waals surface area (Å²) in [5, 5.41) is 22.7. The molecular formula is C14H15Cl2N9O. The van der Waals surface area contributed by atoms with Crippen molar-refractivity contribution in [2.24, 2.45) is 0 Å². The average molecular weight is 396 g/mol. The Balaban J connectivity index is 1.50. The number of nitrogen functional groups attached to an aromatic ring is 1. The number of rotatable bonds is 8. The number of tetrazole rings is 1. The van der Waals surface area contributed by atoms with Gasteiger partial charge in [-0.1, -0.05) is 35.3 Å². The van der Waals surface area contributed by atoms with Gasteiger partial charge in [0, 0.05) is 12.1 Å². The monoisotopic (exact) mass is 395 g/mol. The third kappa shape index (κ3) is 4.54. The first-order valence-corrected chi connectivity index (χ1v) is 8.37. The highest BCUT2D eigenvalue weighted by Gasteiger charge is 2.13. The van der Waals surface area contributed by atoms with E-state index in [1.165, 1.54) is 6.33 Å². The molecule has 12 heteroatoms. The van der Waals surface area contributed by atoms with E-state index < -0.39 is 0 Å². The second-order valence-electron chi connectivity index (χ2n) is 5.08. The van der Waals surface area contributed by atoms with E-state index in [4.69, 9.17) is 33.7 Å². The quantitative estimate of drug-likeness (QED) is 0.545. The molecule has 136 valence electrons. The summed E-state index contributed by atoms with van der Waals surface area (Å²) in [6.45, 7) is 2.01. The van der Waals surface area contributed by atoms with Gasteiger partial charge in [0.05, 0.1) is 29.8 Å². The van der Waals surface area contributed by atoms with E-state index in [0.717, 1.165) is 0 Å². The topological polar surface area (TPSA) is 130 Å². The molecule has 0 atom stereocenters. The van der Waals surface area contributed by atoms with E-state index in [9.17, 15) is 0 Å². The van der Waals surface area contributed by atoms with E-state index in [1.807, 2.05) is 0 Å². The summed E-state index contributed by atoms with van der Waals surface area (Å²) in [4.78, 5) is 4.18. The summed E-state index contributed by atoms with van der Waals surface area (Å²) in [5.74, 6) is 0.500. The van der Waals surface area contributed by atoms with Crippen LogP contribution in [0.25, 0.3) is 11.3 Å². The van der Waals surface area contributed by atoms with Gasteiger partial charge in [-0.2, -0.15) is 4.98 Å². The summed E-state index contributed by atoms with van der Waals surface area (Å²) >= 11 is 12.2. The van der Waals surface area contributed by atoms with Gasteiger partial charge in [-0.25, -0.2) is 4.68 Å². The van der Waals surface area contributed by atoms with Gasteiger partial charge >= 0.3 is 0 Å². The molecule has 1 aromatic carbocycles. The molecule has 0 unspecified atom stereocenters. The third-order valence-corrected chi connectivity index (χ3v) is 4.13. The number of nitrogens with two attached hydrogens (primary N) is 1. The maximum absolute atomic E-state index is 6.18. The lowest BCUT2D eigenvalue weighted by molar-refractivity contribution is 0.132. The molecule has 3 rings (SSSR count). The number of benzene rings is 1. The Morgan fingerprint density at radius 1 is 1.19 bits per heavy atom. The Bertz CT molecular complexity index is 860. The van der Waals surface area contributed by atoms with Gasteiger partial charge in [0.15, 0.2) is 5.82 Å². The first-order chi connectivity index (χ1) is 12.6. The summed E-state index contributed by atoms with van der Waals surface area (Å²) in [5.41, 5.74) is 6.92. The SMILES string of the molecule is Nc1nc(NCCOCCn2cnnn2)nnc1-c1cccc(Cl)c1Cl. The first kappa shape index (κ1) is 18.2. The van der Waals surface area contributed by atoms with Gasteiger partial charge < -0.3 is 15.8 Å². The Kier molecular flexibility index (Phi) is 6.10. The molecular weight excluding hydrogens is 381 g/mol. The molecule has 2 aromatic heterocycles. The predicted octanol–water partition coefficient (Wildman–Crippen LogP) is 1.54. The summed E-state index contributed by atoms with van der Waals surface area (Å²) in [6.07, 6.45) is 1.53. The largest absolute Gasteiger partial charge is 0.382 e. The molecule has 26 heavy (non-hydrogen) atoms. The number of nitrogens with one attached hydrogen (secondary N) is 1. The van der Waals surface area contributed by atoms with Crippen molar-refractivity contribution >= 4 is 35.0 Å². The first-order valence-electron chi connectivity index (χ1n) is 7.62. The Morgan fingerprint density at radius 3 is 2.85 bits per heavy atom. The van der Waals surface area contributed by atoms with Gasteiger partial charge in [0.2, 0.25) is 5.95 Å². The van der Waals surface area contributed by atoms with Crippen molar-refractivity contribution in [1.29, 1.82) is 0 Å². The number of hydrogen-bond acceptors (Lipinski definition) is 9. The van der Waals surface area contributed by atoms with E-state index in [1.54, 1.807) is 22.9 Å². The van der Waals surface area contributed by atoms with E-state index in [-0.39, 0.29) is 5.82 Å². The van der Waals surface area contributed by atoms with E-state index in [0.29, 0.717) is 53.6 Å². The normalized spacial score (nSPS) is 10.8. The lowest BCUT2D eigenvalue weighted by Crippen LogP contribution is -2.15. The van der Waals surface area contributed by atoms with Crippen LogP contribution in [-0.4, -0.2) is 55.1 Å². The number of nitrogens with zero attached hydrogens (tertiary/aromatic N) is 7. The fourth-order valence-corrected chi connectivity index (χ4v) is 2.46. The van der Waals surface area contributed by atoms with Crippen molar-refractivity contribution in [3.63, 3.8) is 0 Å². The van der Waals surface area contributed by atoms with Crippen LogP contribution in [0.2, 0.25) is 10.0 Å². The predicted molar refractivity (Wildman–Crippen MR) is 96.8 cm³/mol. The molecule has 10 nitrogen and oxygen atoms in total. The van der Waals surface area contributed by atoms with Crippen LogP contribution in [0.4, 0.5) is 11.8 Å². The van der Waals surface area contributed by atoms with Crippen molar-refractivity contribution in [3.05, 3.63) is 34.6 Å². The van der Waals surface area contributed by atoms with Crippen LogP contribution in [0.1, 0.15) is 0 Å². The van der Waals surface area contributed by atoms with Crippen LogP contribution >= 0.6 is 23.2 Å². The standard InChI is InChI=1S/C14H15Cl2N9O/c15-10-3-1-2-9(11(10)16)12-13(17)20-14(22-21-12)18-4-6-26-7-5-25-8-19-23-24-25/h1-3,8H,4-7H2,(H3,17,18,20,22).